The van der Waals surface area contributed by atoms with E-state index in [1.807, 2.05) is 6.92 Å². The number of hydrogen-bond donors (Lipinski definition) is 2. The van der Waals surface area contributed by atoms with Gasteiger partial charge in [-0.15, -0.1) is 0 Å². The lowest BCUT2D eigenvalue weighted by atomic mass is 9.53. The Morgan fingerprint density at radius 3 is 2.81 bits per heavy atom. The summed E-state index contributed by atoms with van der Waals surface area (Å²) in [4.78, 5) is 24.5. The van der Waals surface area contributed by atoms with E-state index in [9.17, 15) is 14.7 Å². The van der Waals surface area contributed by atoms with E-state index in [-0.39, 0.29) is 12.5 Å². The van der Waals surface area contributed by atoms with Gasteiger partial charge in [0, 0.05) is 22.5 Å². The van der Waals surface area contributed by atoms with Gasteiger partial charge < -0.3 is 19.7 Å². The maximum absolute atomic E-state index is 12.4. The molecule has 142 valence electrons. The maximum Gasteiger partial charge on any atom is 0.334 e. The molecule has 3 aliphatic rings. The number of aliphatic hydroxyl groups is 2. The van der Waals surface area contributed by atoms with Crippen LogP contribution in [0.3, 0.4) is 0 Å². The average Bonchev–Trinajstić information content (AvgIpc) is 2.86. The summed E-state index contributed by atoms with van der Waals surface area (Å²) >= 11 is 0. The first kappa shape index (κ1) is 18.9. The van der Waals surface area contributed by atoms with Gasteiger partial charge in [-0.2, -0.15) is 0 Å². The predicted octanol–water partition coefficient (Wildman–Crippen LogP) is 1.67. The molecular formula is C20H26O6. The molecule has 0 bridgehead atoms. The monoisotopic (exact) mass is 362 g/mol. The number of rotatable bonds is 3. The Hall–Kier alpha value is -1.92. The summed E-state index contributed by atoms with van der Waals surface area (Å²) in [6.07, 6.45) is 1.27. The van der Waals surface area contributed by atoms with Crippen LogP contribution in [0.5, 0.6) is 0 Å². The molecule has 0 aromatic rings. The zero-order valence-corrected chi connectivity index (χ0v) is 15.2. The third kappa shape index (κ3) is 2.81. The molecule has 0 aromatic heterocycles. The summed E-state index contributed by atoms with van der Waals surface area (Å²) in [7, 11) is 0. The van der Waals surface area contributed by atoms with Gasteiger partial charge >= 0.3 is 11.9 Å². The maximum atomic E-state index is 12.4. The predicted molar refractivity (Wildman–Crippen MR) is 93.8 cm³/mol. The van der Waals surface area contributed by atoms with Gasteiger partial charge in [0.1, 0.15) is 12.2 Å². The lowest BCUT2D eigenvalue weighted by Crippen LogP contribution is -2.58. The fraction of sp³-hybridized carbons (Fsp3) is 0.600. The van der Waals surface area contributed by atoms with Crippen LogP contribution >= 0.6 is 0 Å². The van der Waals surface area contributed by atoms with Gasteiger partial charge in [-0.1, -0.05) is 25.7 Å². The highest BCUT2D eigenvalue weighted by atomic mass is 16.6. The zero-order chi connectivity index (χ0) is 19.2. The Morgan fingerprint density at radius 1 is 1.46 bits per heavy atom. The highest BCUT2D eigenvalue weighted by Crippen LogP contribution is 2.57. The molecule has 6 nitrogen and oxygen atoms in total. The first-order chi connectivity index (χ1) is 12.2. The van der Waals surface area contributed by atoms with Crippen LogP contribution in [-0.4, -0.2) is 47.1 Å². The molecule has 1 saturated heterocycles. The average molecular weight is 362 g/mol. The Kier molecular flexibility index (Phi) is 4.84. The van der Waals surface area contributed by atoms with E-state index < -0.39 is 41.6 Å². The lowest BCUT2D eigenvalue weighted by molar-refractivity contribution is -0.175. The molecule has 2 N–H and O–H groups in total. The topological polar surface area (TPSA) is 93.1 Å². The Balaban J connectivity index is 1.96. The second-order valence-corrected chi connectivity index (χ2v) is 7.83. The number of carbonyl (C=O) groups excluding carboxylic acids is 2. The van der Waals surface area contributed by atoms with Crippen LogP contribution in [0.2, 0.25) is 0 Å². The number of fused-ring (bicyclic) bond motifs is 3. The second-order valence-electron chi connectivity index (χ2n) is 7.83. The van der Waals surface area contributed by atoms with E-state index >= 15 is 0 Å². The summed E-state index contributed by atoms with van der Waals surface area (Å²) in [5.74, 6) is -1.68. The normalized spacial score (nSPS) is 39.9. The van der Waals surface area contributed by atoms with Crippen LogP contribution in [0.1, 0.15) is 33.1 Å². The quantitative estimate of drug-likeness (QED) is 0.451. The minimum atomic E-state index is -0.629. The Morgan fingerprint density at radius 2 is 2.15 bits per heavy atom. The van der Waals surface area contributed by atoms with Crippen molar-refractivity contribution in [3.05, 3.63) is 36.0 Å². The largest absolute Gasteiger partial charge is 0.458 e. The molecule has 26 heavy (non-hydrogen) atoms. The molecule has 0 unspecified atom stereocenters. The summed E-state index contributed by atoms with van der Waals surface area (Å²) in [6, 6.07) is 0. The molecule has 0 radical (unpaired) electrons. The number of ether oxygens (including phenoxy) is 2. The first-order valence-corrected chi connectivity index (χ1v) is 8.94. The van der Waals surface area contributed by atoms with Gasteiger partial charge in [0.25, 0.3) is 0 Å². The lowest BCUT2D eigenvalue weighted by Gasteiger charge is -2.54. The molecule has 2 saturated carbocycles. The fourth-order valence-corrected chi connectivity index (χ4v) is 4.80. The van der Waals surface area contributed by atoms with Crippen LogP contribution in [0.15, 0.2) is 36.0 Å². The van der Waals surface area contributed by atoms with Crippen LogP contribution in [0.4, 0.5) is 0 Å². The number of aliphatic hydroxyl groups excluding tert-OH is 2. The van der Waals surface area contributed by atoms with Crippen molar-refractivity contribution in [1.29, 1.82) is 0 Å². The highest BCUT2D eigenvalue weighted by molar-refractivity contribution is 5.92. The molecule has 1 heterocycles. The van der Waals surface area contributed by atoms with E-state index in [0.717, 1.165) is 5.57 Å². The van der Waals surface area contributed by atoms with Crippen molar-refractivity contribution >= 4 is 11.9 Å². The molecule has 2 aliphatic carbocycles. The summed E-state index contributed by atoms with van der Waals surface area (Å²) in [6.45, 7) is 11.2. The van der Waals surface area contributed by atoms with Crippen LogP contribution in [0, 0.1) is 17.3 Å². The van der Waals surface area contributed by atoms with E-state index in [1.54, 1.807) is 6.92 Å². The van der Waals surface area contributed by atoms with Crippen molar-refractivity contribution in [3.8, 4) is 0 Å². The molecule has 1 aliphatic heterocycles. The van der Waals surface area contributed by atoms with Crippen molar-refractivity contribution in [2.45, 2.75) is 51.4 Å². The minimum Gasteiger partial charge on any atom is -0.458 e. The Labute approximate surface area is 153 Å². The third-order valence-corrected chi connectivity index (χ3v) is 6.26. The molecule has 0 aromatic carbocycles. The van der Waals surface area contributed by atoms with Gasteiger partial charge in [0.05, 0.1) is 18.6 Å². The Bertz CT molecular complexity index is 692. The van der Waals surface area contributed by atoms with E-state index in [2.05, 4.69) is 13.2 Å². The van der Waals surface area contributed by atoms with Crippen LogP contribution in [0.25, 0.3) is 0 Å². The van der Waals surface area contributed by atoms with E-state index in [0.29, 0.717) is 30.4 Å². The standard InChI is InChI=1S/C20H26O6/c1-10-5-6-14(22)20(4)9-13(25-18(23)11(2)7-8-21)15-12(3)19(24)26-17(15)16(10)20/h7,13-17,21-22H,1,3,5-6,8-9H2,2,4H3/b11-7+/t13-,14-,15-,16-,17+,20+/m1/s1. The number of carbonyl (C=O) groups is 2. The van der Waals surface area contributed by atoms with Crippen molar-refractivity contribution < 1.29 is 29.3 Å². The molecule has 3 fully saturated rings. The summed E-state index contributed by atoms with van der Waals surface area (Å²) < 4.78 is 11.3. The van der Waals surface area contributed by atoms with Gasteiger partial charge in [-0.05, 0) is 32.3 Å². The third-order valence-electron chi connectivity index (χ3n) is 6.26. The minimum absolute atomic E-state index is 0.191. The number of esters is 2. The van der Waals surface area contributed by atoms with Crippen LogP contribution < -0.4 is 0 Å². The highest BCUT2D eigenvalue weighted by Gasteiger charge is 2.62. The van der Waals surface area contributed by atoms with Crippen molar-refractivity contribution in [3.63, 3.8) is 0 Å². The fourth-order valence-electron chi connectivity index (χ4n) is 4.80. The first-order valence-electron chi connectivity index (χ1n) is 8.94. The van der Waals surface area contributed by atoms with Gasteiger partial charge in [-0.3, -0.25) is 0 Å². The van der Waals surface area contributed by atoms with E-state index in [1.165, 1.54) is 6.08 Å². The van der Waals surface area contributed by atoms with Crippen LogP contribution in [-0.2, 0) is 19.1 Å². The van der Waals surface area contributed by atoms with Crippen molar-refractivity contribution in [1.82, 2.24) is 0 Å². The molecular weight excluding hydrogens is 336 g/mol. The van der Waals surface area contributed by atoms with Gasteiger partial charge in [0.15, 0.2) is 0 Å². The second kappa shape index (κ2) is 6.67. The molecule has 6 heteroatoms. The van der Waals surface area contributed by atoms with E-state index in [4.69, 9.17) is 14.6 Å². The van der Waals surface area contributed by atoms with Gasteiger partial charge in [-0.25, -0.2) is 9.59 Å². The SMILES string of the molecule is C=C1C(=O)O[C@H]2[C@H]1[C@H](OC(=O)/C(C)=C/CO)C[C@@]1(C)[C@H](O)CCC(=C)[C@H]21. The van der Waals surface area contributed by atoms with Crippen molar-refractivity contribution in [2.75, 3.05) is 6.61 Å². The molecule has 3 rings (SSSR count). The zero-order valence-electron chi connectivity index (χ0n) is 15.2. The summed E-state index contributed by atoms with van der Waals surface area (Å²) in [5, 5.41) is 19.7. The smallest absolute Gasteiger partial charge is 0.334 e. The molecule has 0 amide bonds. The molecule has 6 atom stereocenters. The van der Waals surface area contributed by atoms with Crippen molar-refractivity contribution in [2.24, 2.45) is 17.3 Å². The summed E-state index contributed by atoms with van der Waals surface area (Å²) in [5.41, 5.74) is 0.949. The van der Waals surface area contributed by atoms with Gasteiger partial charge in [0.2, 0.25) is 0 Å². The molecule has 0 spiro atoms. The number of hydrogen-bond acceptors (Lipinski definition) is 6.